The molecule has 3 aromatic rings. The number of carbonyl (C=O) groups excluding carboxylic acids is 2. The molecule has 0 fully saturated rings. The number of aromatic amines is 1. The van der Waals surface area contributed by atoms with Gasteiger partial charge in [0.25, 0.3) is 0 Å². The molecule has 7 heteroatoms. The van der Waals surface area contributed by atoms with Crippen LogP contribution in [0.2, 0.25) is 0 Å². The van der Waals surface area contributed by atoms with Gasteiger partial charge in [-0.05, 0) is 36.8 Å². The molecule has 1 atom stereocenters. The molecular weight excluding hydrogens is 342 g/mol. The van der Waals surface area contributed by atoms with Crippen molar-refractivity contribution in [2.75, 3.05) is 16.0 Å². The molecule has 7 nitrogen and oxygen atoms in total. The third-order valence-electron chi connectivity index (χ3n) is 4.58. The molecule has 4 rings (SSSR count). The van der Waals surface area contributed by atoms with Crippen molar-refractivity contribution in [3.8, 4) is 0 Å². The Hall–Kier alpha value is -3.61. The number of hydrogen-bond donors (Lipinski definition) is 4. The van der Waals surface area contributed by atoms with E-state index in [-0.39, 0.29) is 17.9 Å². The molecule has 27 heavy (non-hydrogen) atoms. The van der Waals surface area contributed by atoms with Crippen LogP contribution in [0.5, 0.6) is 0 Å². The van der Waals surface area contributed by atoms with Crippen molar-refractivity contribution in [1.29, 1.82) is 0 Å². The number of benzene rings is 2. The van der Waals surface area contributed by atoms with Crippen LogP contribution in [0.4, 0.5) is 22.0 Å². The minimum atomic E-state index is -0.305. The van der Waals surface area contributed by atoms with Crippen LogP contribution < -0.4 is 16.0 Å². The third kappa shape index (κ3) is 3.67. The van der Waals surface area contributed by atoms with Gasteiger partial charge in [0.05, 0.1) is 6.20 Å². The molecule has 0 saturated heterocycles. The number of rotatable bonds is 3. The van der Waals surface area contributed by atoms with Crippen molar-refractivity contribution in [2.24, 2.45) is 0 Å². The Morgan fingerprint density at radius 1 is 1.04 bits per heavy atom. The second kappa shape index (κ2) is 6.95. The monoisotopic (exact) mass is 361 g/mol. The van der Waals surface area contributed by atoms with Gasteiger partial charge < -0.3 is 16.0 Å². The van der Waals surface area contributed by atoms with Crippen LogP contribution in [0.15, 0.2) is 54.7 Å². The Bertz CT molecular complexity index is 976. The van der Waals surface area contributed by atoms with Gasteiger partial charge in [-0.2, -0.15) is 5.10 Å². The lowest BCUT2D eigenvalue weighted by Crippen LogP contribution is -2.23. The third-order valence-corrected chi connectivity index (χ3v) is 4.58. The maximum atomic E-state index is 12.1. The first-order valence-electron chi connectivity index (χ1n) is 8.66. The van der Waals surface area contributed by atoms with E-state index < -0.39 is 0 Å². The molecule has 1 aromatic heterocycles. The number of nitrogens with one attached hydrogen (secondary N) is 4. The second-order valence-corrected chi connectivity index (χ2v) is 6.57. The molecule has 4 N–H and O–H groups in total. The topological polar surface area (TPSA) is 98.9 Å². The van der Waals surface area contributed by atoms with Gasteiger partial charge in [-0.25, -0.2) is 4.79 Å². The standard InChI is InChI=1S/C20H19N5O2/c1-12-2-6-14(7-3-12)22-20(27)23-15-8-4-13(5-9-15)16-10-18(26)24-19-17(16)11-21-25-19/h2-9,11,16H,10H2,1H3,(H2,22,23,27)(H2,21,24,25,26). The Balaban J connectivity index is 1.44. The summed E-state index contributed by atoms with van der Waals surface area (Å²) < 4.78 is 0. The molecule has 3 amide bonds. The summed E-state index contributed by atoms with van der Waals surface area (Å²) in [7, 11) is 0. The Morgan fingerprint density at radius 2 is 1.67 bits per heavy atom. The van der Waals surface area contributed by atoms with Crippen molar-refractivity contribution >= 4 is 29.1 Å². The normalized spacial score (nSPS) is 15.6. The number of amides is 3. The van der Waals surface area contributed by atoms with Crippen molar-refractivity contribution in [1.82, 2.24) is 10.2 Å². The lowest BCUT2D eigenvalue weighted by atomic mass is 9.87. The van der Waals surface area contributed by atoms with Gasteiger partial charge in [0, 0.05) is 29.3 Å². The molecule has 0 saturated carbocycles. The summed E-state index contributed by atoms with van der Waals surface area (Å²) >= 11 is 0. The molecule has 2 aromatic carbocycles. The van der Waals surface area contributed by atoms with E-state index in [1.165, 1.54) is 0 Å². The highest BCUT2D eigenvalue weighted by molar-refractivity contribution is 5.99. The smallest absolute Gasteiger partial charge is 0.311 e. The molecule has 136 valence electrons. The van der Waals surface area contributed by atoms with Crippen LogP contribution in [0, 0.1) is 6.92 Å². The van der Waals surface area contributed by atoms with Gasteiger partial charge in [0.15, 0.2) is 0 Å². The quantitative estimate of drug-likeness (QED) is 0.570. The minimum absolute atomic E-state index is 0.0450. The van der Waals surface area contributed by atoms with Crippen LogP contribution in [-0.4, -0.2) is 22.1 Å². The van der Waals surface area contributed by atoms with Gasteiger partial charge in [-0.3, -0.25) is 9.89 Å². The number of aryl methyl sites for hydroxylation is 1. The zero-order valence-electron chi connectivity index (χ0n) is 14.7. The van der Waals surface area contributed by atoms with Crippen LogP contribution in [0.25, 0.3) is 0 Å². The first-order valence-corrected chi connectivity index (χ1v) is 8.66. The van der Waals surface area contributed by atoms with Gasteiger partial charge in [-0.15, -0.1) is 0 Å². The number of nitrogens with zero attached hydrogens (tertiary/aromatic N) is 1. The van der Waals surface area contributed by atoms with Gasteiger partial charge in [0.2, 0.25) is 5.91 Å². The van der Waals surface area contributed by atoms with E-state index in [4.69, 9.17) is 0 Å². The summed E-state index contributed by atoms with van der Waals surface area (Å²) in [6.07, 6.45) is 2.11. The van der Waals surface area contributed by atoms with E-state index in [1.54, 1.807) is 6.20 Å². The molecule has 1 unspecified atom stereocenters. The number of anilines is 3. The highest BCUT2D eigenvalue weighted by Crippen LogP contribution is 2.35. The fourth-order valence-corrected chi connectivity index (χ4v) is 3.17. The van der Waals surface area contributed by atoms with E-state index in [0.717, 1.165) is 22.4 Å². The van der Waals surface area contributed by atoms with E-state index >= 15 is 0 Å². The fourth-order valence-electron chi connectivity index (χ4n) is 3.17. The van der Waals surface area contributed by atoms with Crippen LogP contribution in [0.1, 0.15) is 29.0 Å². The number of aromatic nitrogens is 2. The molecule has 0 spiro atoms. The lowest BCUT2D eigenvalue weighted by Gasteiger charge is -2.22. The molecule has 0 bridgehead atoms. The summed E-state index contributed by atoms with van der Waals surface area (Å²) in [5.41, 5.74) is 4.50. The van der Waals surface area contributed by atoms with Crippen LogP contribution in [0.3, 0.4) is 0 Å². The van der Waals surface area contributed by atoms with Gasteiger partial charge >= 0.3 is 6.03 Å². The van der Waals surface area contributed by atoms with Crippen molar-refractivity contribution in [2.45, 2.75) is 19.3 Å². The SMILES string of the molecule is Cc1ccc(NC(=O)Nc2ccc(C3CC(=O)Nc4[nH]ncc43)cc2)cc1. The van der Waals surface area contributed by atoms with E-state index in [2.05, 4.69) is 26.1 Å². The zero-order chi connectivity index (χ0) is 18.8. The predicted octanol–water partition coefficient (Wildman–Crippen LogP) is 3.84. The molecular formula is C20H19N5O2. The van der Waals surface area contributed by atoms with E-state index in [9.17, 15) is 9.59 Å². The minimum Gasteiger partial charge on any atom is -0.311 e. The summed E-state index contributed by atoms with van der Waals surface area (Å²) in [6, 6.07) is 14.8. The Morgan fingerprint density at radius 3 is 2.33 bits per heavy atom. The number of carbonyl (C=O) groups is 2. The second-order valence-electron chi connectivity index (χ2n) is 6.57. The number of hydrogen-bond acceptors (Lipinski definition) is 3. The molecule has 2 heterocycles. The lowest BCUT2D eigenvalue weighted by molar-refractivity contribution is -0.116. The maximum absolute atomic E-state index is 12.1. The predicted molar refractivity (Wildman–Crippen MR) is 104 cm³/mol. The molecule has 0 aliphatic carbocycles. The molecule has 1 aliphatic heterocycles. The average molecular weight is 361 g/mol. The van der Waals surface area contributed by atoms with E-state index in [1.807, 2.05) is 55.5 Å². The molecule has 1 aliphatic rings. The molecule has 0 radical (unpaired) electrons. The summed E-state index contributed by atoms with van der Waals surface area (Å²) in [5.74, 6) is 0.551. The number of urea groups is 1. The summed E-state index contributed by atoms with van der Waals surface area (Å²) in [5, 5.41) is 15.2. The zero-order valence-corrected chi connectivity index (χ0v) is 14.7. The van der Waals surface area contributed by atoms with Crippen molar-refractivity contribution in [3.05, 3.63) is 71.4 Å². The average Bonchev–Trinajstić information content (AvgIpc) is 3.12. The highest BCUT2D eigenvalue weighted by Gasteiger charge is 2.27. The van der Waals surface area contributed by atoms with Crippen LogP contribution >= 0.6 is 0 Å². The number of fused-ring (bicyclic) bond motifs is 1. The highest BCUT2D eigenvalue weighted by atomic mass is 16.2. The first kappa shape index (κ1) is 16.8. The van der Waals surface area contributed by atoms with E-state index in [0.29, 0.717) is 17.9 Å². The Kier molecular flexibility index (Phi) is 4.33. The van der Waals surface area contributed by atoms with Crippen LogP contribution in [-0.2, 0) is 4.79 Å². The number of H-pyrrole nitrogens is 1. The maximum Gasteiger partial charge on any atom is 0.323 e. The van der Waals surface area contributed by atoms with Gasteiger partial charge in [-0.1, -0.05) is 29.8 Å². The summed E-state index contributed by atoms with van der Waals surface area (Å²) in [6.45, 7) is 1.99. The van der Waals surface area contributed by atoms with Crippen molar-refractivity contribution in [3.63, 3.8) is 0 Å². The fraction of sp³-hybridized carbons (Fsp3) is 0.150. The van der Waals surface area contributed by atoms with Crippen molar-refractivity contribution < 1.29 is 9.59 Å². The summed E-state index contributed by atoms with van der Waals surface area (Å²) in [4.78, 5) is 24.0. The first-order chi connectivity index (χ1) is 13.1. The Labute approximate surface area is 156 Å². The largest absolute Gasteiger partial charge is 0.323 e. The van der Waals surface area contributed by atoms with Gasteiger partial charge in [0.1, 0.15) is 5.82 Å².